The zero-order valence-electron chi connectivity index (χ0n) is 62.7. The van der Waals surface area contributed by atoms with E-state index in [1.54, 1.807) is 0 Å². The molecule has 0 aliphatic heterocycles. The van der Waals surface area contributed by atoms with Gasteiger partial charge in [0.05, 0.1) is 26.4 Å². The Labute approximate surface area is 588 Å². The van der Waals surface area contributed by atoms with Crippen LogP contribution in [0.2, 0.25) is 0 Å². The number of aliphatic hydroxyl groups excluding tert-OH is 1. The van der Waals surface area contributed by atoms with Gasteiger partial charge in [-0.05, 0) is 37.5 Å². The monoisotopic (exact) mass is 1410 g/mol. The number of phosphoric acid groups is 2. The van der Waals surface area contributed by atoms with Gasteiger partial charge in [-0.2, -0.15) is 0 Å². The number of carbonyl (C=O) groups is 4. The lowest BCUT2D eigenvalue weighted by molar-refractivity contribution is -0.161. The largest absolute Gasteiger partial charge is 0.472 e. The summed E-state index contributed by atoms with van der Waals surface area (Å²) in [7, 11) is -9.91. The van der Waals surface area contributed by atoms with Crippen molar-refractivity contribution < 1.29 is 80.2 Å². The summed E-state index contributed by atoms with van der Waals surface area (Å²) in [4.78, 5) is 72.8. The van der Waals surface area contributed by atoms with E-state index >= 15 is 0 Å². The number of rotatable bonds is 76. The average molecular weight is 1410 g/mol. The lowest BCUT2D eigenvalue weighted by Gasteiger charge is -2.21. The predicted molar refractivity (Wildman–Crippen MR) is 391 cm³/mol. The third kappa shape index (κ3) is 70.5. The van der Waals surface area contributed by atoms with Crippen LogP contribution >= 0.6 is 15.6 Å². The number of aliphatic hydroxyl groups is 1. The topological polar surface area (TPSA) is 237 Å². The van der Waals surface area contributed by atoms with Crippen molar-refractivity contribution in [2.45, 2.75) is 419 Å². The van der Waals surface area contributed by atoms with Crippen molar-refractivity contribution >= 4 is 39.5 Å². The third-order valence-electron chi connectivity index (χ3n) is 18.0. The average Bonchev–Trinajstić information content (AvgIpc) is 1.37. The van der Waals surface area contributed by atoms with Crippen molar-refractivity contribution in [3.05, 3.63) is 0 Å². The van der Waals surface area contributed by atoms with Gasteiger partial charge in [-0.15, -0.1) is 0 Å². The van der Waals surface area contributed by atoms with Crippen LogP contribution in [-0.2, 0) is 65.4 Å². The fourth-order valence-corrected chi connectivity index (χ4v) is 13.4. The first-order valence-corrected chi connectivity index (χ1v) is 43.0. The Morgan fingerprint density at radius 3 is 0.708 bits per heavy atom. The predicted octanol–water partition coefficient (Wildman–Crippen LogP) is 22.7. The van der Waals surface area contributed by atoms with Crippen LogP contribution in [0.5, 0.6) is 0 Å². The minimum atomic E-state index is -4.96. The maximum absolute atomic E-state index is 13.1. The molecule has 5 atom stereocenters. The molecule has 0 spiro atoms. The summed E-state index contributed by atoms with van der Waals surface area (Å²) in [5, 5.41) is 10.6. The van der Waals surface area contributed by atoms with E-state index in [0.717, 1.165) is 102 Å². The van der Waals surface area contributed by atoms with Crippen LogP contribution in [0.3, 0.4) is 0 Å². The van der Waals surface area contributed by atoms with Crippen LogP contribution in [0.4, 0.5) is 0 Å². The van der Waals surface area contributed by atoms with E-state index in [9.17, 15) is 43.2 Å². The molecule has 0 aromatic carbocycles. The minimum Gasteiger partial charge on any atom is -0.462 e. The summed E-state index contributed by atoms with van der Waals surface area (Å²) >= 11 is 0. The molecule has 3 N–H and O–H groups in total. The molecule has 0 saturated heterocycles. The van der Waals surface area contributed by atoms with E-state index in [-0.39, 0.29) is 25.7 Å². The van der Waals surface area contributed by atoms with E-state index in [2.05, 4.69) is 41.5 Å². The third-order valence-corrected chi connectivity index (χ3v) is 19.9. The van der Waals surface area contributed by atoms with Crippen LogP contribution in [0.15, 0.2) is 0 Å². The second kappa shape index (κ2) is 68.8. The van der Waals surface area contributed by atoms with Crippen LogP contribution in [0.25, 0.3) is 0 Å². The first kappa shape index (κ1) is 94.1. The molecule has 0 rings (SSSR count). The number of hydrogen-bond acceptors (Lipinski definition) is 15. The Balaban J connectivity index is 5.22. The highest BCUT2D eigenvalue weighted by atomic mass is 31.2. The molecule has 96 heavy (non-hydrogen) atoms. The molecule has 17 nitrogen and oxygen atoms in total. The molecular weight excluding hydrogens is 1260 g/mol. The lowest BCUT2D eigenvalue weighted by Crippen LogP contribution is -2.30. The number of hydrogen-bond donors (Lipinski definition) is 3. The Bertz CT molecular complexity index is 1860. The summed E-state index contributed by atoms with van der Waals surface area (Å²) in [6, 6.07) is 0. The van der Waals surface area contributed by atoms with Crippen molar-refractivity contribution in [3.63, 3.8) is 0 Å². The molecule has 0 aromatic rings. The van der Waals surface area contributed by atoms with Crippen LogP contribution in [-0.4, -0.2) is 96.7 Å². The highest BCUT2D eigenvalue weighted by molar-refractivity contribution is 7.47. The minimum absolute atomic E-state index is 0.106. The number of ether oxygens (including phenoxy) is 4. The van der Waals surface area contributed by atoms with Crippen molar-refractivity contribution in [1.82, 2.24) is 0 Å². The van der Waals surface area contributed by atoms with Gasteiger partial charge in [0.25, 0.3) is 0 Å². The van der Waals surface area contributed by atoms with Gasteiger partial charge >= 0.3 is 39.5 Å². The van der Waals surface area contributed by atoms with Gasteiger partial charge in [-0.25, -0.2) is 9.13 Å². The zero-order chi connectivity index (χ0) is 70.7. The van der Waals surface area contributed by atoms with Crippen molar-refractivity contribution in [2.75, 3.05) is 39.6 Å². The molecule has 19 heteroatoms. The first-order valence-electron chi connectivity index (χ1n) is 40.0. The van der Waals surface area contributed by atoms with Gasteiger partial charge in [0.2, 0.25) is 0 Å². The Kier molecular flexibility index (Phi) is 67.4. The first-order chi connectivity index (χ1) is 46.4. The van der Waals surface area contributed by atoms with E-state index in [4.69, 9.17) is 37.0 Å². The van der Waals surface area contributed by atoms with E-state index < -0.39 is 97.5 Å². The molecule has 0 aromatic heterocycles. The molecule has 0 amide bonds. The molecule has 2 unspecified atom stereocenters. The molecule has 0 saturated carbocycles. The molecule has 0 aliphatic carbocycles. The van der Waals surface area contributed by atoms with Crippen molar-refractivity contribution in [3.8, 4) is 0 Å². The summed E-state index contributed by atoms with van der Waals surface area (Å²) in [5.74, 6) is -0.635. The number of phosphoric ester groups is 2. The number of carbonyl (C=O) groups excluding carboxylic acids is 4. The fourth-order valence-electron chi connectivity index (χ4n) is 11.8. The maximum Gasteiger partial charge on any atom is 0.472 e. The molecule has 0 fully saturated rings. The van der Waals surface area contributed by atoms with Gasteiger partial charge in [0.1, 0.15) is 19.3 Å². The molecular formula is C77H150O17P2. The molecule has 0 heterocycles. The van der Waals surface area contributed by atoms with Crippen LogP contribution in [0.1, 0.15) is 401 Å². The van der Waals surface area contributed by atoms with E-state index in [1.165, 1.54) is 218 Å². The zero-order valence-corrected chi connectivity index (χ0v) is 64.5. The fraction of sp³-hybridized carbons (Fsp3) is 0.948. The van der Waals surface area contributed by atoms with Gasteiger partial charge < -0.3 is 33.8 Å². The van der Waals surface area contributed by atoms with Gasteiger partial charge in [0, 0.05) is 25.7 Å². The summed E-state index contributed by atoms with van der Waals surface area (Å²) in [5.41, 5.74) is 0. The maximum atomic E-state index is 13.1. The Morgan fingerprint density at radius 1 is 0.281 bits per heavy atom. The lowest BCUT2D eigenvalue weighted by atomic mass is 10.0. The number of esters is 4. The van der Waals surface area contributed by atoms with Gasteiger partial charge in [-0.3, -0.25) is 37.3 Å². The smallest absolute Gasteiger partial charge is 0.462 e. The molecule has 0 aliphatic rings. The quantitative estimate of drug-likeness (QED) is 0.0222. The highest BCUT2D eigenvalue weighted by Crippen LogP contribution is 2.45. The van der Waals surface area contributed by atoms with Gasteiger partial charge in [0.15, 0.2) is 12.2 Å². The molecule has 0 bridgehead atoms. The Morgan fingerprint density at radius 2 is 0.479 bits per heavy atom. The summed E-state index contributed by atoms with van der Waals surface area (Å²) < 4.78 is 68.6. The van der Waals surface area contributed by atoms with Crippen LogP contribution in [0, 0.1) is 11.8 Å². The summed E-state index contributed by atoms with van der Waals surface area (Å²) in [6.45, 7) is 9.56. The second-order valence-corrected chi connectivity index (χ2v) is 31.6. The standard InChI is InChI=1S/C77H150O17P2/c1-7-9-11-13-15-17-19-21-22-23-24-25-26-27-28-30-36-43-49-55-61-76(81)93-72(66-88-75(80)60-54-48-42-37-31-33-39-45-51-57-69(3)4)67-91-95(83,84)89-63-71(78)64-90-96(85,86)92-68-73(94-77(82)62-56-50-44-38-32-34-40-46-52-58-70(5)6)65-87-74(79)59-53-47-41-35-29-20-18-16-14-12-10-8-2/h69-73,78H,7-68H2,1-6H3,(H,83,84)(H,85,86)/t71-,72-,73-/m1/s1. The molecule has 570 valence electrons. The van der Waals surface area contributed by atoms with E-state index in [0.29, 0.717) is 25.7 Å². The van der Waals surface area contributed by atoms with E-state index in [1.807, 2.05) is 0 Å². The SMILES string of the molecule is CCCCCCCCCCCCCCCCCCCCCCC(=O)O[C@H](COC(=O)CCCCCCCCCCCC(C)C)COP(=O)(O)OC[C@@H](O)COP(=O)(O)OC[C@@H](COC(=O)CCCCCCCCCCCCCC)OC(=O)CCCCCCCCCCCC(C)C. The van der Waals surface area contributed by atoms with Gasteiger partial charge in [-0.1, -0.05) is 350 Å². The summed E-state index contributed by atoms with van der Waals surface area (Å²) in [6.07, 6.45) is 56.9. The normalized spacial score (nSPS) is 14.0. The van der Waals surface area contributed by atoms with Crippen molar-refractivity contribution in [1.29, 1.82) is 0 Å². The Hall–Kier alpha value is -1.94. The highest BCUT2D eigenvalue weighted by Gasteiger charge is 2.30. The molecule has 0 radical (unpaired) electrons. The van der Waals surface area contributed by atoms with Crippen LogP contribution < -0.4 is 0 Å². The van der Waals surface area contributed by atoms with Crippen molar-refractivity contribution in [2.24, 2.45) is 11.8 Å². The second-order valence-electron chi connectivity index (χ2n) is 28.7. The number of unbranched alkanes of at least 4 members (excludes halogenated alkanes) is 46.